The van der Waals surface area contributed by atoms with Crippen molar-refractivity contribution in [3.05, 3.63) is 24.4 Å². The maximum absolute atomic E-state index is 11.7. The monoisotopic (exact) mass is 241 g/mol. The van der Waals surface area contributed by atoms with Crippen molar-refractivity contribution in [2.75, 3.05) is 7.11 Å². The van der Waals surface area contributed by atoms with E-state index in [9.17, 15) is 9.59 Å². The van der Waals surface area contributed by atoms with E-state index in [1.807, 2.05) is 0 Å². The van der Waals surface area contributed by atoms with Crippen LogP contribution in [0.1, 0.15) is 20.8 Å². The fraction of sp³-hybridized carbons (Fsp3) is 0.455. The van der Waals surface area contributed by atoms with Gasteiger partial charge in [0.15, 0.2) is 0 Å². The van der Waals surface area contributed by atoms with E-state index < -0.39 is 17.7 Å². The maximum Gasteiger partial charge on any atom is 0.418 e. The minimum Gasteiger partial charge on any atom is -0.463 e. The van der Waals surface area contributed by atoms with E-state index in [0.29, 0.717) is 0 Å². The summed E-state index contributed by atoms with van der Waals surface area (Å²) < 4.78 is 14.5. The summed E-state index contributed by atoms with van der Waals surface area (Å²) in [6.07, 6.45) is 3.16. The first kappa shape index (κ1) is 13.1. The Hall–Kier alpha value is -1.98. The van der Waals surface area contributed by atoms with Crippen LogP contribution in [0, 0.1) is 0 Å². The Morgan fingerprint density at radius 1 is 1.35 bits per heavy atom. The lowest BCUT2D eigenvalue weighted by Crippen LogP contribution is -2.32. The molecule has 0 aromatic rings. The summed E-state index contributed by atoms with van der Waals surface area (Å²) in [5, 5.41) is 0. The highest BCUT2D eigenvalue weighted by Gasteiger charge is 2.24. The Morgan fingerprint density at radius 3 is 2.53 bits per heavy atom. The molecule has 0 atom stereocenters. The van der Waals surface area contributed by atoms with Crippen molar-refractivity contribution in [2.24, 2.45) is 0 Å². The van der Waals surface area contributed by atoms with Crippen LogP contribution >= 0.6 is 0 Å². The van der Waals surface area contributed by atoms with Crippen molar-refractivity contribution < 1.29 is 23.8 Å². The molecule has 17 heavy (non-hydrogen) atoms. The van der Waals surface area contributed by atoms with E-state index in [2.05, 4.69) is 4.74 Å². The zero-order valence-corrected chi connectivity index (χ0v) is 10.2. The van der Waals surface area contributed by atoms with Crippen molar-refractivity contribution in [1.29, 1.82) is 0 Å². The zero-order chi connectivity index (χ0) is 13.1. The van der Waals surface area contributed by atoms with Gasteiger partial charge in [0, 0.05) is 0 Å². The highest BCUT2D eigenvalue weighted by atomic mass is 16.6. The second-order valence-corrected chi connectivity index (χ2v) is 4.28. The van der Waals surface area contributed by atoms with Crippen molar-refractivity contribution in [1.82, 2.24) is 4.90 Å². The lowest BCUT2D eigenvalue weighted by molar-refractivity contribution is -0.139. The van der Waals surface area contributed by atoms with Crippen LogP contribution in [-0.4, -0.2) is 29.7 Å². The fourth-order valence-electron chi connectivity index (χ4n) is 0.999. The molecular formula is C11H15NO5. The highest BCUT2D eigenvalue weighted by molar-refractivity contribution is 5.87. The normalized spacial score (nSPS) is 14.8. The minimum atomic E-state index is -0.664. The number of rotatable bonds is 1. The Morgan fingerprint density at radius 2 is 2.00 bits per heavy atom. The van der Waals surface area contributed by atoms with Crippen molar-refractivity contribution in [3.8, 4) is 0 Å². The van der Waals surface area contributed by atoms with Gasteiger partial charge >= 0.3 is 12.1 Å². The highest BCUT2D eigenvalue weighted by Crippen LogP contribution is 2.15. The average molecular weight is 241 g/mol. The molecule has 0 aliphatic carbocycles. The fourth-order valence-corrected chi connectivity index (χ4v) is 0.999. The lowest BCUT2D eigenvalue weighted by atomic mass is 10.2. The SMILES string of the molecule is COC(=O)C1=CN(C(=O)OC(C)(C)C)C=CO1. The molecule has 1 aliphatic heterocycles. The summed E-state index contributed by atoms with van der Waals surface area (Å²) >= 11 is 0. The number of esters is 1. The summed E-state index contributed by atoms with van der Waals surface area (Å²) in [6.45, 7) is 5.25. The molecule has 0 aromatic heterocycles. The number of hydrogen-bond donors (Lipinski definition) is 0. The van der Waals surface area contributed by atoms with Gasteiger partial charge in [-0.15, -0.1) is 0 Å². The predicted molar refractivity (Wildman–Crippen MR) is 58.4 cm³/mol. The molecule has 6 heteroatoms. The molecule has 0 fully saturated rings. The third-order valence-electron chi connectivity index (χ3n) is 1.66. The topological polar surface area (TPSA) is 65.1 Å². The van der Waals surface area contributed by atoms with E-state index in [1.165, 1.54) is 25.8 Å². The number of carbonyl (C=O) groups is 2. The number of nitrogens with zero attached hydrogens (tertiary/aromatic N) is 1. The second-order valence-electron chi connectivity index (χ2n) is 4.28. The predicted octanol–water partition coefficient (Wildman–Crippen LogP) is 1.74. The molecule has 1 heterocycles. The van der Waals surface area contributed by atoms with Crippen LogP contribution in [0.2, 0.25) is 0 Å². The van der Waals surface area contributed by atoms with Gasteiger partial charge in [0.1, 0.15) is 11.9 Å². The molecule has 0 unspecified atom stereocenters. The van der Waals surface area contributed by atoms with Gasteiger partial charge in [-0.2, -0.15) is 0 Å². The van der Waals surface area contributed by atoms with Crippen LogP contribution in [0.25, 0.3) is 0 Å². The third kappa shape index (κ3) is 3.82. The molecular weight excluding hydrogens is 226 g/mol. The van der Waals surface area contributed by atoms with E-state index >= 15 is 0 Å². The van der Waals surface area contributed by atoms with Gasteiger partial charge in [-0.3, -0.25) is 4.90 Å². The van der Waals surface area contributed by atoms with Crippen LogP contribution in [0.5, 0.6) is 0 Å². The van der Waals surface area contributed by atoms with Crippen molar-refractivity contribution in [3.63, 3.8) is 0 Å². The number of amides is 1. The molecule has 0 N–H and O–H groups in total. The quantitative estimate of drug-likeness (QED) is 0.654. The molecule has 0 bridgehead atoms. The standard InChI is InChI=1S/C11H15NO5/c1-11(2,3)17-10(14)12-5-6-16-8(7-12)9(13)15-4/h5-7H,1-4H3. The van der Waals surface area contributed by atoms with E-state index in [0.717, 1.165) is 4.90 Å². The number of hydrogen-bond acceptors (Lipinski definition) is 5. The number of carbonyl (C=O) groups excluding carboxylic acids is 2. The third-order valence-corrected chi connectivity index (χ3v) is 1.66. The summed E-state index contributed by atoms with van der Waals surface area (Å²) in [5.74, 6) is -0.747. The van der Waals surface area contributed by atoms with Gasteiger partial charge in [-0.25, -0.2) is 9.59 Å². The Labute approximate surface area is 99.4 Å². The maximum atomic E-state index is 11.7. The molecule has 0 saturated carbocycles. The molecule has 1 rings (SSSR count). The summed E-state index contributed by atoms with van der Waals surface area (Å²) in [4.78, 5) is 24.0. The van der Waals surface area contributed by atoms with E-state index in [1.54, 1.807) is 20.8 Å². The molecule has 0 spiro atoms. The smallest absolute Gasteiger partial charge is 0.418 e. The summed E-state index contributed by atoms with van der Waals surface area (Å²) in [7, 11) is 1.22. The molecule has 94 valence electrons. The lowest BCUT2D eigenvalue weighted by Gasteiger charge is -2.24. The first-order chi connectivity index (χ1) is 7.83. The molecule has 6 nitrogen and oxygen atoms in total. The van der Waals surface area contributed by atoms with Crippen molar-refractivity contribution in [2.45, 2.75) is 26.4 Å². The van der Waals surface area contributed by atoms with Gasteiger partial charge in [0.2, 0.25) is 5.76 Å². The van der Waals surface area contributed by atoms with Gasteiger partial charge in [-0.05, 0) is 20.8 Å². The number of ether oxygens (including phenoxy) is 3. The van der Waals surface area contributed by atoms with Crippen LogP contribution in [0.4, 0.5) is 4.79 Å². The molecule has 0 radical (unpaired) electrons. The first-order valence-electron chi connectivity index (χ1n) is 4.98. The largest absolute Gasteiger partial charge is 0.463 e. The number of methoxy groups -OCH3 is 1. The summed E-state index contributed by atoms with van der Waals surface area (Å²) in [5.41, 5.74) is -0.609. The Kier molecular flexibility index (Phi) is 3.77. The van der Waals surface area contributed by atoms with Crippen LogP contribution in [-0.2, 0) is 19.0 Å². The molecule has 0 saturated heterocycles. The van der Waals surface area contributed by atoms with Crippen molar-refractivity contribution >= 4 is 12.1 Å². The van der Waals surface area contributed by atoms with Gasteiger partial charge < -0.3 is 14.2 Å². The van der Waals surface area contributed by atoms with Gasteiger partial charge in [0.05, 0.1) is 19.5 Å². The van der Waals surface area contributed by atoms with Gasteiger partial charge in [0.25, 0.3) is 0 Å². The average Bonchev–Trinajstić information content (AvgIpc) is 2.26. The van der Waals surface area contributed by atoms with Crippen LogP contribution in [0.3, 0.4) is 0 Å². The molecule has 1 aliphatic rings. The zero-order valence-electron chi connectivity index (χ0n) is 10.2. The second kappa shape index (κ2) is 4.90. The Balaban J connectivity index is 2.75. The first-order valence-corrected chi connectivity index (χ1v) is 4.98. The van der Waals surface area contributed by atoms with Crippen LogP contribution in [0.15, 0.2) is 24.4 Å². The summed E-state index contributed by atoms with van der Waals surface area (Å²) in [6, 6.07) is 0. The molecule has 1 amide bonds. The van der Waals surface area contributed by atoms with Gasteiger partial charge in [-0.1, -0.05) is 0 Å². The van der Waals surface area contributed by atoms with Crippen LogP contribution < -0.4 is 0 Å². The minimum absolute atomic E-state index is 0.0825. The van der Waals surface area contributed by atoms with E-state index in [4.69, 9.17) is 9.47 Å². The Bertz CT molecular complexity index is 378. The molecule has 0 aromatic carbocycles. The van der Waals surface area contributed by atoms with E-state index in [-0.39, 0.29) is 5.76 Å².